The molecule has 0 unspecified atom stereocenters. The van der Waals surface area contributed by atoms with Crippen LogP contribution >= 0.6 is 7.82 Å². The largest absolute Gasteiger partial charge is 0.587 e. The van der Waals surface area contributed by atoms with Gasteiger partial charge in [-0.1, -0.05) is 36.4 Å². The van der Waals surface area contributed by atoms with Gasteiger partial charge in [-0.25, -0.2) is 4.57 Å². The molecular formula is C22H29O10P. The topological polar surface area (TPSA) is 144 Å². The summed E-state index contributed by atoms with van der Waals surface area (Å²) in [6.45, 7) is 1.24. The SMILES string of the molecule is CC1(C)OC[C@@](O)(COP(=O)(Oc2ccccc2)Oc2ccccc2)[C@H]([C@H](O)[C@H](O)CO)O1. The van der Waals surface area contributed by atoms with Crippen molar-refractivity contribution in [3.63, 3.8) is 0 Å². The monoisotopic (exact) mass is 484 g/mol. The molecule has 0 amide bonds. The van der Waals surface area contributed by atoms with Crippen molar-refractivity contribution in [1.29, 1.82) is 0 Å². The van der Waals surface area contributed by atoms with Crippen molar-refractivity contribution in [3.05, 3.63) is 60.7 Å². The standard InChI is InChI=1S/C22H29O10P/c1-21(2)28-14-22(26,20(30-21)19(25)18(24)13-23)15-29-33(27,31-16-9-5-3-6-10-16)32-17-11-7-4-8-12-17/h3-12,18-20,23-26H,13-15H2,1-2H3/t18-,19-,20+,22-/m1/s1. The van der Waals surface area contributed by atoms with Crippen molar-refractivity contribution in [2.75, 3.05) is 19.8 Å². The van der Waals surface area contributed by atoms with E-state index in [4.69, 9.17) is 23.0 Å². The minimum absolute atomic E-state index is 0.202. The van der Waals surface area contributed by atoms with Crippen LogP contribution in [0.25, 0.3) is 0 Å². The second-order valence-corrected chi connectivity index (χ2v) is 9.62. The summed E-state index contributed by atoms with van der Waals surface area (Å²) in [7, 11) is -4.36. The number of benzene rings is 2. The zero-order valence-electron chi connectivity index (χ0n) is 18.3. The molecule has 0 spiro atoms. The fourth-order valence-corrected chi connectivity index (χ4v) is 4.42. The van der Waals surface area contributed by atoms with Gasteiger partial charge in [0.1, 0.15) is 35.4 Å². The Kier molecular flexibility index (Phi) is 8.15. The summed E-state index contributed by atoms with van der Waals surface area (Å²) < 4.78 is 41.2. The molecule has 3 rings (SSSR count). The molecule has 11 heteroatoms. The maximum absolute atomic E-state index is 13.5. The molecule has 1 aliphatic rings. The lowest BCUT2D eigenvalue weighted by atomic mass is 9.90. The first-order chi connectivity index (χ1) is 15.6. The van der Waals surface area contributed by atoms with Crippen molar-refractivity contribution >= 4 is 7.82 Å². The fourth-order valence-electron chi connectivity index (χ4n) is 3.13. The summed E-state index contributed by atoms with van der Waals surface area (Å²) in [6.07, 6.45) is -4.76. The number of hydrogen-bond acceptors (Lipinski definition) is 10. The molecule has 0 bridgehead atoms. The maximum atomic E-state index is 13.5. The summed E-state index contributed by atoms with van der Waals surface area (Å²) in [5, 5.41) is 40.8. The highest BCUT2D eigenvalue weighted by Crippen LogP contribution is 2.50. The third-order valence-electron chi connectivity index (χ3n) is 4.90. The molecule has 4 N–H and O–H groups in total. The molecule has 1 fully saturated rings. The molecule has 1 aliphatic heterocycles. The zero-order valence-corrected chi connectivity index (χ0v) is 19.2. The van der Waals surface area contributed by atoms with E-state index in [1.54, 1.807) is 74.5 Å². The highest BCUT2D eigenvalue weighted by Gasteiger charge is 2.53. The molecule has 2 aromatic carbocycles. The van der Waals surface area contributed by atoms with E-state index in [0.717, 1.165) is 0 Å². The summed E-state index contributed by atoms with van der Waals surface area (Å²) >= 11 is 0. The van der Waals surface area contributed by atoms with Crippen LogP contribution in [0.2, 0.25) is 0 Å². The molecule has 0 aliphatic carbocycles. The highest BCUT2D eigenvalue weighted by molar-refractivity contribution is 7.49. The molecule has 182 valence electrons. The molecule has 1 heterocycles. The molecular weight excluding hydrogens is 455 g/mol. The minimum Gasteiger partial charge on any atom is -0.395 e. The van der Waals surface area contributed by atoms with Crippen LogP contribution in [0.5, 0.6) is 11.5 Å². The number of aliphatic hydroxyl groups is 4. The van der Waals surface area contributed by atoms with Gasteiger partial charge < -0.3 is 38.9 Å². The summed E-state index contributed by atoms with van der Waals surface area (Å²) in [5.41, 5.74) is -2.07. The van der Waals surface area contributed by atoms with Crippen molar-refractivity contribution in [2.45, 2.75) is 43.5 Å². The Bertz CT molecular complexity index is 880. The molecule has 33 heavy (non-hydrogen) atoms. The van der Waals surface area contributed by atoms with E-state index in [1.165, 1.54) is 0 Å². The Hall–Kier alpha value is -2.01. The van der Waals surface area contributed by atoms with E-state index >= 15 is 0 Å². The summed E-state index contributed by atoms with van der Waals surface area (Å²) in [6, 6.07) is 16.4. The van der Waals surface area contributed by atoms with Gasteiger partial charge in [0.2, 0.25) is 0 Å². The van der Waals surface area contributed by atoms with Gasteiger partial charge in [-0.3, -0.25) is 4.52 Å². The van der Waals surface area contributed by atoms with Crippen LogP contribution in [0.3, 0.4) is 0 Å². The molecule has 10 nitrogen and oxygen atoms in total. The van der Waals surface area contributed by atoms with E-state index in [9.17, 15) is 25.0 Å². The quantitative estimate of drug-likeness (QED) is 0.369. The molecule has 2 aromatic rings. The van der Waals surface area contributed by atoms with Gasteiger partial charge >= 0.3 is 7.82 Å². The minimum atomic E-state index is -4.36. The number of phosphoric acid groups is 1. The molecule has 0 radical (unpaired) electrons. The predicted molar refractivity (Wildman–Crippen MR) is 117 cm³/mol. The van der Waals surface area contributed by atoms with E-state index < -0.39 is 57.3 Å². The number of rotatable bonds is 10. The van der Waals surface area contributed by atoms with Crippen LogP contribution in [0.1, 0.15) is 13.8 Å². The van der Waals surface area contributed by atoms with Gasteiger partial charge in [0.25, 0.3) is 0 Å². The number of hydrogen-bond donors (Lipinski definition) is 4. The number of para-hydroxylation sites is 2. The highest BCUT2D eigenvalue weighted by atomic mass is 31.2. The predicted octanol–water partition coefficient (Wildman–Crippen LogP) is 1.87. The first-order valence-corrected chi connectivity index (χ1v) is 11.8. The lowest BCUT2D eigenvalue weighted by Crippen LogP contribution is -2.65. The summed E-state index contributed by atoms with van der Waals surface area (Å²) in [4.78, 5) is 0. The third-order valence-corrected chi connectivity index (χ3v) is 6.21. The molecule has 4 atom stereocenters. The molecule has 0 saturated carbocycles. The van der Waals surface area contributed by atoms with E-state index in [0.29, 0.717) is 0 Å². The Morgan fingerprint density at radius 3 is 2.03 bits per heavy atom. The average Bonchev–Trinajstić information content (AvgIpc) is 2.80. The Labute approximate surface area is 191 Å². The molecule has 1 saturated heterocycles. The Morgan fingerprint density at radius 1 is 1.03 bits per heavy atom. The van der Waals surface area contributed by atoms with Gasteiger partial charge in [0.05, 0.1) is 19.8 Å². The van der Waals surface area contributed by atoms with Crippen LogP contribution in [-0.4, -0.2) is 69.9 Å². The first-order valence-electron chi connectivity index (χ1n) is 10.3. The van der Waals surface area contributed by atoms with Crippen LogP contribution in [0.4, 0.5) is 0 Å². The van der Waals surface area contributed by atoms with Gasteiger partial charge in [0.15, 0.2) is 5.79 Å². The number of phosphoric ester groups is 1. The summed E-state index contributed by atoms with van der Waals surface area (Å²) in [5.74, 6) is -0.806. The Balaban J connectivity index is 1.84. The van der Waals surface area contributed by atoms with Crippen molar-refractivity contribution < 1.29 is 48.0 Å². The van der Waals surface area contributed by atoms with E-state index in [-0.39, 0.29) is 11.5 Å². The number of aliphatic hydroxyl groups excluding tert-OH is 3. The van der Waals surface area contributed by atoms with Crippen LogP contribution in [-0.2, 0) is 18.6 Å². The van der Waals surface area contributed by atoms with Gasteiger partial charge in [-0.2, -0.15) is 0 Å². The first kappa shape index (κ1) is 25.6. The molecule has 0 aromatic heterocycles. The van der Waals surface area contributed by atoms with Gasteiger partial charge in [0, 0.05) is 0 Å². The van der Waals surface area contributed by atoms with Gasteiger partial charge in [-0.05, 0) is 38.1 Å². The second kappa shape index (κ2) is 10.5. The van der Waals surface area contributed by atoms with Crippen molar-refractivity contribution in [2.24, 2.45) is 0 Å². The smallest absolute Gasteiger partial charge is 0.395 e. The van der Waals surface area contributed by atoms with E-state index in [1.807, 2.05) is 0 Å². The lowest BCUT2D eigenvalue weighted by molar-refractivity contribution is -0.356. The Morgan fingerprint density at radius 2 is 1.55 bits per heavy atom. The van der Waals surface area contributed by atoms with Crippen molar-refractivity contribution in [3.8, 4) is 11.5 Å². The van der Waals surface area contributed by atoms with Crippen LogP contribution in [0.15, 0.2) is 60.7 Å². The zero-order chi connectivity index (χ0) is 24.1. The van der Waals surface area contributed by atoms with Crippen LogP contribution in [0, 0.1) is 0 Å². The van der Waals surface area contributed by atoms with Crippen LogP contribution < -0.4 is 9.05 Å². The second-order valence-electron chi connectivity index (χ2n) is 8.10. The van der Waals surface area contributed by atoms with Gasteiger partial charge in [-0.15, -0.1) is 0 Å². The van der Waals surface area contributed by atoms with Crippen molar-refractivity contribution in [1.82, 2.24) is 0 Å². The van der Waals surface area contributed by atoms with E-state index in [2.05, 4.69) is 0 Å². The average molecular weight is 484 g/mol. The third kappa shape index (κ3) is 6.75. The fraction of sp³-hybridized carbons (Fsp3) is 0.455. The lowest BCUT2D eigenvalue weighted by Gasteiger charge is -2.48. The normalized spacial score (nSPS) is 24.6. The maximum Gasteiger partial charge on any atom is 0.587 e. The number of ether oxygens (including phenoxy) is 2.